The number of aromatic nitrogens is 1. The number of hydrazine groups is 1. The average Bonchev–Trinajstić information content (AvgIpc) is 2.40. The molecular weight excluding hydrogens is 222 g/mol. The molecule has 18 heavy (non-hydrogen) atoms. The molecule has 0 aliphatic heterocycles. The normalized spacial score (nSPS) is 25.9. The van der Waals surface area contributed by atoms with E-state index in [0.717, 1.165) is 11.6 Å². The molecular formula is C15H25N3. The van der Waals surface area contributed by atoms with Crippen molar-refractivity contribution in [2.24, 2.45) is 17.7 Å². The van der Waals surface area contributed by atoms with E-state index in [9.17, 15) is 0 Å². The van der Waals surface area contributed by atoms with E-state index in [0.29, 0.717) is 5.92 Å². The van der Waals surface area contributed by atoms with E-state index >= 15 is 0 Å². The summed E-state index contributed by atoms with van der Waals surface area (Å²) in [4.78, 5) is 4.26. The van der Waals surface area contributed by atoms with Gasteiger partial charge in [-0.2, -0.15) is 0 Å². The van der Waals surface area contributed by atoms with Crippen molar-refractivity contribution in [1.29, 1.82) is 0 Å². The first-order chi connectivity index (χ1) is 8.74. The van der Waals surface area contributed by atoms with Crippen LogP contribution in [0.3, 0.4) is 0 Å². The zero-order valence-corrected chi connectivity index (χ0v) is 11.5. The second kappa shape index (κ2) is 6.30. The first kappa shape index (κ1) is 13.5. The Hall–Kier alpha value is -0.930. The molecule has 0 bridgehead atoms. The Morgan fingerprint density at radius 2 is 2.11 bits per heavy atom. The smallest absolute Gasteiger partial charge is 0.0489 e. The highest BCUT2D eigenvalue weighted by molar-refractivity contribution is 5.20. The molecule has 1 fully saturated rings. The van der Waals surface area contributed by atoms with Gasteiger partial charge < -0.3 is 0 Å². The number of aryl methyl sites for hydroxylation is 1. The number of pyridine rings is 1. The van der Waals surface area contributed by atoms with E-state index in [1.165, 1.54) is 37.7 Å². The van der Waals surface area contributed by atoms with Crippen LogP contribution >= 0.6 is 0 Å². The Labute approximate surface area is 110 Å². The molecule has 3 N–H and O–H groups in total. The van der Waals surface area contributed by atoms with Gasteiger partial charge in [0.15, 0.2) is 0 Å². The number of nitrogens with one attached hydrogen (secondary N) is 1. The molecule has 1 aromatic rings. The van der Waals surface area contributed by atoms with Gasteiger partial charge in [0.25, 0.3) is 0 Å². The summed E-state index contributed by atoms with van der Waals surface area (Å²) >= 11 is 0. The maximum absolute atomic E-state index is 5.78. The molecule has 1 aliphatic carbocycles. The van der Waals surface area contributed by atoms with Crippen molar-refractivity contribution in [2.45, 2.75) is 52.0 Å². The Morgan fingerprint density at radius 3 is 2.67 bits per heavy atom. The molecule has 0 saturated heterocycles. The van der Waals surface area contributed by atoms with Crippen molar-refractivity contribution in [3.63, 3.8) is 0 Å². The average molecular weight is 247 g/mol. The monoisotopic (exact) mass is 247 g/mol. The summed E-state index contributed by atoms with van der Waals surface area (Å²) < 4.78 is 0. The summed E-state index contributed by atoms with van der Waals surface area (Å²) in [5.41, 5.74) is 5.37. The fourth-order valence-corrected chi connectivity index (χ4v) is 3.20. The van der Waals surface area contributed by atoms with Crippen LogP contribution in [0.4, 0.5) is 0 Å². The zero-order chi connectivity index (χ0) is 13.0. The van der Waals surface area contributed by atoms with Crippen LogP contribution in [0.1, 0.15) is 56.3 Å². The molecule has 1 aromatic heterocycles. The fourth-order valence-electron chi connectivity index (χ4n) is 3.20. The highest BCUT2D eigenvalue weighted by Crippen LogP contribution is 2.37. The quantitative estimate of drug-likeness (QED) is 0.635. The van der Waals surface area contributed by atoms with E-state index in [-0.39, 0.29) is 6.04 Å². The van der Waals surface area contributed by atoms with Gasteiger partial charge in [0.2, 0.25) is 0 Å². The summed E-state index contributed by atoms with van der Waals surface area (Å²) in [6.07, 6.45) is 8.48. The van der Waals surface area contributed by atoms with Crippen molar-refractivity contribution in [3.05, 3.63) is 29.6 Å². The van der Waals surface area contributed by atoms with Crippen molar-refractivity contribution in [2.75, 3.05) is 0 Å². The molecule has 1 aliphatic rings. The van der Waals surface area contributed by atoms with Crippen molar-refractivity contribution in [1.82, 2.24) is 10.4 Å². The first-order valence-electron chi connectivity index (χ1n) is 7.13. The Bertz CT molecular complexity index is 370. The lowest BCUT2D eigenvalue weighted by Crippen LogP contribution is -2.35. The molecule has 1 unspecified atom stereocenters. The Balaban J connectivity index is 2.05. The molecule has 2 rings (SSSR count). The maximum Gasteiger partial charge on any atom is 0.0489 e. The van der Waals surface area contributed by atoms with E-state index in [4.69, 9.17) is 5.84 Å². The number of rotatable bonds is 4. The molecule has 100 valence electrons. The lowest BCUT2D eigenvalue weighted by molar-refractivity contribution is 0.219. The molecule has 3 nitrogen and oxygen atoms in total. The maximum atomic E-state index is 5.78. The van der Waals surface area contributed by atoms with Crippen LogP contribution in [0.25, 0.3) is 0 Å². The SMILES string of the molecule is CCC1CCC(C(NN)c2ccnc(C)c2)CC1. The lowest BCUT2D eigenvalue weighted by atomic mass is 9.76. The van der Waals surface area contributed by atoms with Crippen molar-refractivity contribution in [3.8, 4) is 0 Å². The molecule has 0 spiro atoms. The summed E-state index contributed by atoms with van der Waals surface area (Å²) in [6, 6.07) is 4.52. The van der Waals surface area contributed by atoms with Crippen LogP contribution < -0.4 is 11.3 Å². The third-order valence-corrected chi connectivity index (χ3v) is 4.40. The summed E-state index contributed by atoms with van der Waals surface area (Å²) in [5, 5.41) is 0. The molecule has 1 heterocycles. The number of nitrogens with zero attached hydrogens (tertiary/aromatic N) is 1. The largest absolute Gasteiger partial charge is 0.271 e. The third-order valence-electron chi connectivity index (χ3n) is 4.40. The van der Waals surface area contributed by atoms with E-state index in [2.05, 4.69) is 29.5 Å². The molecule has 0 radical (unpaired) electrons. The minimum atomic E-state index is 0.282. The van der Waals surface area contributed by atoms with Crippen molar-refractivity contribution >= 4 is 0 Å². The molecule has 1 saturated carbocycles. The molecule has 0 amide bonds. The third kappa shape index (κ3) is 3.09. The van der Waals surface area contributed by atoms with Gasteiger partial charge in [-0.1, -0.05) is 26.2 Å². The highest BCUT2D eigenvalue weighted by atomic mass is 15.2. The van der Waals surface area contributed by atoms with Crippen LogP contribution in [-0.2, 0) is 0 Å². The topological polar surface area (TPSA) is 50.9 Å². The number of nitrogens with two attached hydrogens (primary N) is 1. The van der Waals surface area contributed by atoms with Crippen LogP contribution in [0.15, 0.2) is 18.3 Å². The first-order valence-corrected chi connectivity index (χ1v) is 7.13. The second-order valence-electron chi connectivity index (χ2n) is 5.56. The molecule has 3 heteroatoms. The summed E-state index contributed by atoms with van der Waals surface area (Å²) in [7, 11) is 0. The van der Waals surface area contributed by atoms with Gasteiger partial charge in [0.05, 0.1) is 0 Å². The minimum absolute atomic E-state index is 0.282. The Morgan fingerprint density at radius 1 is 1.39 bits per heavy atom. The standard InChI is InChI=1S/C15H25N3/c1-3-12-4-6-13(7-5-12)15(18-16)14-8-9-17-11(2)10-14/h8-10,12-13,15,18H,3-7,16H2,1-2H3. The molecule has 1 atom stereocenters. The van der Waals surface area contributed by atoms with E-state index in [1.807, 2.05) is 13.1 Å². The van der Waals surface area contributed by atoms with Crippen LogP contribution in [0, 0.1) is 18.8 Å². The predicted molar refractivity (Wildman–Crippen MR) is 74.8 cm³/mol. The van der Waals surface area contributed by atoms with Crippen LogP contribution in [0.5, 0.6) is 0 Å². The van der Waals surface area contributed by atoms with E-state index in [1.54, 1.807) is 0 Å². The van der Waals surface area contributed by atoms with Gasteiger partial charge in [-0.15, -0.1) is 0 Å². The zero-order valence-electron chi connectivity index (χ0n) is 11.5. The second-order valence-corrected chi connectivity index (χ2v) is 5.56. The summed E-state index contributed by atoms with van der Waals surface area (Å²) in [5.74, 6) is 7.38. The number of hydrogen-bond donors (Lipinski definition) is 2. The van der Waals surface area contributed by atoms with Gasteiger partial charge in [0.1, 0.15) is 0 Å². The highest BCUT2D eigenvalue weighted by Gasteiger charge is 2.27. The van der Waals surface area contributed by atoms with Gasteiger partial charge >= 0.3 is 0 Å². The fraction of sp³-hybridized carbons (Fsp3) is 0.667. The minimum Gasteiger partial charge on any atom is -0.271 e. The molecule has 0 aromatic carbocycles. The van der Waals surface area contributed by atoms with Crippen LogP contribution in [-0.4, -0.2) is 4.98 Å². The number of hydrogen-bond acceptors (Lipinski definition) is 3. The predicted octanol–water partition coefficient (Wildman–Crippen LogP) is 3.11. The van der Waals surface area contributed by atoms with Gasteiger partial charge in [0, 0.05) is 17.9 Å². The lowest BCUT2D eigenvalue weighted by Gasteiger charge is -2.33. The summed E-state index contributed by atoms with van der Waals surface area (Å²) in [6.45, 7) is 4.33. The van der Waals surface area contributed by atoms with Gasteiger partial charge in [-0.3, -0.25) is 16.3 Å². The Kier molecular flexibility index (Phi) is 4.72. The van der Waals surface area contributed by atoms with Crippen LogP contribution in [0.2, 0.25) is 0 Å². The van der Waals surface area contributed by atoms with Gasteiger partial charge in [-0.25, -0.2) is 0 Å². The van der Waals surface area contributed by atoms with E-state index < -0.39 is 0 Å². The van der Waals surface area contributed by atoms with Crippen molar-refractivity contribution < 1.29 is 0 Å². The van der Waals surface area contributed by atoms with Gasteiger partial charge in [-0.05, 0) is 49.3 Å².